The van der Waals surface area contributed by atoms with Crippen LogP contribution in [-0.2, 0) is 22.6 Å². The molecule has 0 spiro atoms. The third-order valence-electron chi connectivity index (χ3n) is 4.38. The molecule has 1 aromatic heterocycles. The summed E-state index contributed by atoms with van der Waals surface area (Å²) in [4.78, 5) is 29.0. The molecule has 0 fully saturated rings. The van der Waals surface area contributed by atoms with E-state index in [9.17, 15) is 9.59 Å². The summed E-state index contributed by atoms with van der Waals surface area (Å²) in [6.45, 7) is 4.32. The minimum Gasteiger partial charge on any atom is -0.493 e. The molecule has 0 bridgehead atoms. The molecule has 1 amide bonds. The summed E-state index contributed by atoms with van der Waals surface area (Å²) >= 11 is 1.35. The van der Waals surface area contributed by atoms with E-state index in [1.54, 1.807) is 23.6 Å². The predicted molar refractivity (Wildman–Crippen MR) is 119 cm³/mol. The van der Waals surface area contributed by atoms with Crippen molar-refractivity contribution in [2.24, 2.45) is 0 Å². The molecule has 1 heterocycles. The van der Waals surface area contributed by atoms with Gasteiger partial charge in [-0.05, 0) is 43.7 Å². The van der Waals surface area contributed by atoms with Crippen LogP contribution in [0.1, 0.15) is 33.5 Å². The van der Waals surface area contributed by atoms with Gasteiger partial charge in [0.1, 0.15) is 11.6 Å². The molecule has 0 saturated carbocycles. The van der Waals surface area contributed by atoms with Crippen molar-refractivity contribution in [2.45, 2.75) is 26.9 Å². The van der Waals surface area contributed by atoms with Gasteiger partial charge in [-0.25, -0.2) is 9.78 Å². The van der Waals surface area contributed by atoms with Gasteiger partial charge in [0, 0.05) is 11.1 Å². The van der Waals surface area contributed by atoms with Crippen LogP contribution in [0.15, 0.2) is 47.8 Å². The second kappa shape index (κ2) is 10.6. The van der Waals surface area contributed by atoms with Crippen LogP contribution in [0.3, 0.4) is 0 Å². The summed E-state index contributed by atoms with van der Waals surface area (Å²) in [5.74, 6) is 0.392. The van der Waals surface area contributed by atoms with Crippen LogP contribution < -0.4 is 14.8 Å². The van der Waals surface area contributed by atoms with Gasteiger partial charge >= 0.3 is 5.97 Å². The van der Waals surface area contributed by atoms with E-state index in [2.05, 4.69) is 10.3 Å². The van der Waals surface area contributed by atoms with Crippen molar-refractivity contribution < 1.29 is 23.8 Å². The molecule has 0 aliphatic heterocycles. The van der Waals surface area contributed by atoms with Crippen molar-refractivity contribution in [1.29, 1.82) is 0 Å². The normalized spacial score (nSPS) is 10.4. The Morgan fingerprint density at radius 2 is 1.94 bits per heavy atom. The molecular formula is C23H24N2O5S. The van der Waals surface area contributed by atoms with Crippen molar-refractivity contribution in [3.05, 3.63) is 69.7 Å². The summed E-state index contributed by atoms with van der Waals surface area (Å²) < 4.78 is 16.1. The Bertz CT molecular complexity index is 1060. The number of hydrogen-bond acceptors (Lipinski definition) is 7. The Morgan fingerprint density at radius 1 is 1.13 bits per heavy atom. The van der Waals surface area contributed by atoms with E-state index in [-0.39, 0.29) is 18.9 Å². The van der Waals surface area contributed by atoms with E-state index in [0.29, 0.717) is 34.4 Å². The molecule has 31 heavy (non-hydrogen) atoms. The lowest BCUT2D eigenvalue weighted by Crippen LogP contribution is -2.15. The minimum atomic E-state index is -0.492. The largest absolute Gasteiger partial charge is 0.493 e. The smallest absolute Gasteiger partial charge is 0.338 e. The van der Waals surface area contributed by atoms with E-state index in [4.69, 9.17) is 14.2 Å². The fourth-order valence-electron chi connectivity index (χ4n) is 2.83. The van der Waals surface area contributed by atoms with Crippen molar-refractivity contribution in [1.82, 2.24) is 4.98 Å². The maximum atomic E-state index is 12.4. The molecule has 1 N–H and O–H groups in total. The molecule has 2 aromatic carbocycles. The summed E-state index contributed by atoms with van der Waals surface area (Å²) in [6, 6.07) is 12.5. The van der Waals surface area contributed by atoms with Gasteiger partial charge in [-0.1, -0.05) is 18.2 Å². The first-order valence-electron chi connectivity index (χ1n) is 9.77. The Kier molecular flexibility index (Phi) is 7.61. The second-order valence-corrected chi connectivity index (χ2v) is 7.59. The first-order valence-corrected chi connectivity index (χ1v) is 10.6. The van der Waals surface area contributed by atoms with E-state index in [1.807, 2.05) is 38.1 Å². The van der Waals surface area contributed by atoms with Crippen molar-refractivity contribution in [3.63, 3.8) is 0 Å². The maximum absolute atomic E-state index is 12.4. The van der Waals surface area contributed by atoms with Gasteiger partial charge in [-0.3, -0.25) is 4.79 Å². The fourth-order valence-corrected chi connectivity index (χ4v) is 3.61. The molecule has 0 saturated heterocycles. The number of nitrogens with zero attached hydrogens (tertiary/aromatic N) is 1. The Hall–Kier alpha value is -3.39. The number of para-hydroxylation sites is 1. The summed E-state index contributed by atoms with van der Waals surface area (Å²) in [6.07, 6.45) is 0.156. The number of amides is 1. The molecule has 0 radical (unpaired) electrons. The van der Waals surface area contributed by atoms with E-state index >= 15 is 0 Å². The molecule has 0 atom stereocenters. The highest BCUT2D eigenvalue weighted by Crippen LogP contribution is 2.28. The van der Waals surface area contributed by atoms with Gasteiger partial charge in [-0.15, -0.1) is 11.3 Å². The molecular weight excluding hydrogens is 416 g/mol. The van der Waals surface area contributed by atoms with Gasteiger partial charge in [0.25, 0.3) is 0 Å². The number of thiazole rings is 1. The number of carbonyl (C=O) groups is 2. The van der Waals surface area contributed by atoms with Gasteiger partial charge in [0.2, 0.25) is 5.91 Å². The monoisotopic (exact) mass is 440 g/mol. The van der Waals surface area contributed by atoms with Crippen molar-refractivity contribution >= 4 is 28.9 Å². The zero-order chi connectivity index (χ0) is 22.2. The molecule has 0 unspecified atom stereocenters. The number of benzene rings is 2. The lowest BCUT2D eigenvalue weighted by molar-refractivity contribution is -0.115. The van der Waals surface area contributed by atoms with Crippen LogP contribution in [0, 0.1) is 6.92 Å². The van der Waals surface area contributed by atoms with Gasteiger partial charge in [0.05, 0.1) is 31.4 Å². The molecule has 162 valence electrons. The molecule has 3 rings (SSSR count). The predicted octanol–water partition coefficient (Wildman–Crippen LogP) is 4.40. The van der Waals surface area contributed by atoms with Crippen LogP contribution >= 0.6 is 11.3 Å². The van der Waals surface area contributed by atoms with Crippen molar-refractivity contribution in [3.8, 4) is 11.5 Å². The first kappa shape index (κ1) is 22.3. The zero-order valence-electron chi connectivity index (χ0n) is 17.6. The third kappa shape index (κ3) is 6.05. The van der Waals surface area contributed by atoms with Crippen LogP contribution in [-0.4, -0.2) is 30.6 Å². The van der Waals surface area contributed by atoms with Crippen LogP contribution in [0.2, 0.25) is 0 Å². The Balaban J connectivity index is 1.54. The van der Waals surface area contributed by atoms with Gasteiger partial charge in [-0.2, -0.15) is 0 Å². The van der Waals surface area contributed by atoms with E-state index < -0.39 is 5.97 Å². The highest BCUT2D eigenvalue weighted by molar-refractivity contribution is 7.09. The number of aryl methyl sites for hydroxylation is 1. The average molecular weight is 441 g/mol. The molecule has 8 heteroatoms. The number of hydrogen-bond donors (Lipinski definition) is 1. The SMILES string of the molecule is CCOc1ccc(C(=O)OCc2csc(CC(=O)Nc3ccccc3C)n2)cc1OC. The number of carbonyl (C=O) groups excluding carboxylic acids is 2. The number of aromatic nitrogens is 1. The highest BCUT2D eigenvalue weighted by Gasteiger charge is 2.14. The number of nitrogens with one attached hydrogen (secondary N) is 1. The fraction of sp³-hybridized carbons (Fsp3) is 0.261. The minimum absolute atomic E-state index is 0.0181. The first-order chi connectivity index (χ1) is 15.0. The topological polar surface area (TPSA) is 86.8 Å². The van der Waals surface area contributed by atoms with Gasteiger partial charge in [0.15, 0.2) is 11.5 Å². The van der Waals surface area contributed by atoms with Crippen LogP contribution in [0.4, 0.5) is 5.69 Å². The number of rotatable bonds is 9. The third-order valence-corrected chi connectivity index (χ3v) is 5.28. The lowest BCUT2D eigenvalue weighted by Gasteiger charge is -2.10. The van der Waals surface area contributed by atoms with Crippen LogP contribution in [0.25, 0.3) is 0 Å². The number of methoxy groups -OCH3 is 1. The van der Waals surface area contributed by atoms with Gasteiger partial charge < -0.3 is 19.5 Å². The second-order valence-electron chi connectivity index (χ2n) is 6.65. The number of anilines is 1. The zero-order valence-corrected chi connectivity index (χ0v) is 18.5. The maximum Gasteiger partial charge on any atom is 0.338 e. The number of ether oxygens (including phenoxy) is 3. The summed E-state index contributed by atoms with van der Waals surface area (Å²) in [7, 11) is 1.51. The Labute approximate surface area is 185 Å². The standard InChI is InChI=1S/C23H24N2O5S/c1-4-29-19-10-9-16(11-20(19)28-3)23(27)30-13-17-14-31-22(24-17)12-21(26)25-18-8-6-5-7-15(18)2/h5-11,14H,4,12-13H2,1-3H3,(H,25,26). The lowest BCUT2D eigenvalue weighted by atomic mass is 10.2. The van der Waals surface area contributed by atoms with Crippen molar-refractivity contribution in [2.75, 3.05) is 19.0 Å². The van der Waals surface area contributed by atoms with E-state index in [1.165, 1.54) is 18.4 Å². The molecule has 0 aliphatic carbocycles. The summed E-state index contributed by atoms with van der Waals surface area (Å²) in [5.41, 5.74) is 2.72. The van der Waals surface area contributed by atoms with E-state index in [0.717, 1.165) is 11.3 Å². The Morgan fingerprint density at radius 3 is 2.68 bits per heavy atom. The highest BCUT2D eigenvalue weighted by atomic mass is 32.1. The van der Waals surface area contributed by atoms with Crippen LogP contribution in [0.5, 0.6) is 11.5 Å². The molecule has 3 aromatic rings. The quantitative estimate of drug-likeness (QED) is 0.497. The summed E-state index contributed by atoms with van der Waals surface area (Å²) in [5, 5.41) is 5.32. The molecule has 7 nitrogen and oxygen atoms in total. The average Bonchev–Trinajstić information content (AvgIpc) is 3.21. The molecule has 0 aliphatic rings. The number of esters is 1.